The van der Waals surface area contributed by atoms with E-state index in [4.69, 9.17) is 29.2 Å². The van der Waals surface area contributed by atoms with E-state index in [0.717, 1.165) is 34.8 Å². The van der Waals surface area contributed by atoms with Crippen LogP contribution in [0.2, 0.25) is 11.3 Å². The van der Waals surface area contributed by atoms with E-state index in [-0.39, 0.29) is 6.10 Å². The van der Waals surface area contributed by atoms with Crippen LogP contribution in [-0.2, 0) is 12.8 Å². The molecule has 2 aromatic carbocycles. The molecule has 1 heterocycles. The molecule has 0 aliphatic rings. The topological polar surface area (TPSA) is 35.0 Å². The number of hydrogen-bond acceptors (Lipinski definition) is 4. The van der Waals surface area contributed by atoms with Gasteiger partial charge < -0.3 is 4.74 Å². The summed E-state index contributed by atoms with van der Waals surface area (Å²) in [4.78, 5) is 4.77. The van der Waals surface area contributed by atoms with Gasteiger partial charge in [0.1, 0.15) is 10.8 Å². The van der Waals surface area contributed by atoms with Crippen LogP contribution in [0.1, 0.15) is 31.9 Å². The summed E-state index contributed by atoms with van der Waals surface area (Å²) in [6.07, 6.45) is 2.50. The minimum atomic E-state index is 0.0785. The molecule has 0 unspecified atom stereocenters. The molecule has 27 heavy (non-hydrogen) atoms. The van der Waals surface area contributed by atoms with Gasteiger partial charge in [0, 0.05) is 11.1 Å². The standard InChI is InChI=1S/C21H22BClN2OS/c1-4-16-14(10-11-22)6-5-7-17(16)20-24-21(27-25-20)15-8-9-19(18(23)12-15)26-13(2)3/h5-9,12-13H,4,10-11H2,1-3H3. The lowest BCUT2D eigenvalue weighted by Crippen LogP contribution is -2.05. The van der Waals surface area contributed by atoms with Crippen molar-refractivity contribution in [1.29, 1.82) is 0 Å². The van der Waals surface area contributed by atoms with Crippen molar-refractivity contribution in [3.05, 3.63) is 52.5 Å². The molecule has 0 saturated heterocycles. The van der Waals surface area contributed by atoms with Crippen LogP contribution in [0.5, 0.6) is 5.75 Å². The van der Waals surface area contributed by atoms with Gasteiger partial charge in [0.2, 0.25) is 0 Å². The van der Waals surface area contributed by atoms with Crippen LogP contribution in [0.15, 0.2) is 36.4 Å². The number of halogens is 1. The molecular formula is C21H22BClN2OS. The number of benzene rings is 2. The van der Waals surface area contributed by atoms with Gasteiger partial charge in [-0.25, -0.2) is 4.98 Å². The number of aromatic nitrogens is 2. The Morgan fingerprint density at radius 2 is 2.04 bits per heavy atom. The first-order valence-corrected chi connectivity index (χ1v) is 10.3. The molecule has 3 rings (SSSR count). The van der Waals surface area contributed by atoms with Gasteiger partial charge in [-0.3, -0.25) is 0 Å². The average Bonchev–Trinajstić information content (AvgIpc) is 3.13. The number of ether oxygens (including phenoxy) is 1. The van der Waals surface area contributed by atoms with Crippen molar-refractivity contribution in [2.75, 3.05) is 0 Å². The Kier molecular flexibility index (Phi) is 6.56. The van der Waals surface area contributed by atoms with Gasteiger partial charge in [-0.2, -0.15) is 4.37 Å². The van der Waals surface area contributed by atoms with E-state index in [2.05, 4.69) is 29.5 Å². The molecule has 0 fully saturated rings. The van der Waals surface area contributed by atoms with E-state index < -0.39 is 0 Å². The largest absolute Gasteiger partial charge is 0.489 e. The second-order valence-corrected chi connectivity index (χ2v) is 7.73. The van der Waals surface area contributed by atoms with Crippen molar-refractivity contribution in [1.82, 2.24) is 9.36 Å². The van der Waals surface area contributed by atoms with Gasteiger partial charge in [0.25, 0.3) is 0 Å². The van der Waals surface area contributed by atoms with Crippen LogP contribution >= 0.6 is 23.1 Å². The van der Waals surface area contributed by atoms with E-state index in [1.165, 1.54) is 22.7 Å². The van der Waals surface area contributed by atoms with Gasteiger partial charge >= 0.3 is 0 Å². The third kappa shape index (κ3) is 4.53. The molecule has 0 atom stereocenters. The molecule has 0 saturated carbocycles. The number of nitrogens with zero attached hydrogens (tertiary/aromatic N) is 2. The zero-order valence-corrected chi connectivity index (χ0v) is 17.4. The Morgan fingerprint density at radius 1 is 1.22 bits per heavy atom. The SMILES string of the molecule is [B]CCc1cccc(-c2nsc(-c3ccc(OC(C)C)c(Cl)c3)n2)c1CC. The molecule has 0 spiro atoms. The summed E-state index contributed by atoms with van der Waals surface area (Å²) in [6.45, 7) is 6.11. The highest BCUT2D eigenvalue weighted by molar-refractivity contribution is 7.09. The van der Waals surface area contributed by atoms with Crippen LogP contribution < -0.4 is 4.74 Å². The van der Waals surface area contributed by atoms with Gasteiger partial charge in [-0.15, -0.1) is 0 Å². The van der Waals surface area contributed by atoms with Gasteiger partial charge in [-0.1, -0.05) is 43.0 Å². The predicted molar refractivity (Wildman–Crippen MR) is 115 cm³/mol. The Morgan fingerprint density at radius 3 is 2.70 bits per heavy atom. The normalized spacial score (nSPS) is 11.1. The zero-order chi connectivity index (χ0) is 19.4. The summed E-state index contributed by atoms with van der Waals surface area (Å²) in [6, 6.07) is 12.0. The first-order valence-electron chi connectivity index (χ1n) is 9.15. The monoisotopic (exact) mass is 396 g/mol. The summed E-state index contributed by atoms with van der Waals surface area (Å²) in [5.41, 5.74) is 4.56. The van der Waals surface area contributed by atoms with Crippen molar-refractivity contribution < 1.29 is 4.74 Å². The molecule has 0 N–H and O–H groups in total. The smallest absolute Gasteiger partial charge is 0.173 e. The lowest BCUT2D eigenvalue weighted by molar-refractivity contribution is 0.242. The highest BCUT2D eigenvalue weighted by Crippen LogP contribution is 2.34. The number of rotatable bonds is 7. The van der Waals surface area contributed by atoms with Crippen LogP contribution in [-0.4, -0.2) is 23.3 Å². The molecule has 3 aromatic rings. The summed E-state index contributed by atoms with van der Waals surface area (Å²) in [5, 5.41) is 1.42. The molecule has 0 aliphatic carbocycles. The first kappa shape index (κ1) is 19.9. The predicted octanol–water partition coefficient (Wildman–Crippen LogP) is 6.00. The lowest BCUT2D eigenvalue weighted by Gasteiger charge is -2.11. The highest BCUT2D eigenvalue weighted by Gasteiger charge is 2.15. The summed E-state index contributed by atoms with van der Waals surface area (Å²) in [7, 11) is 5.76. The Labute approximate surface area is 171 Å². The minimum Gasteiger partial charge on any atom is -0.489 e. The maximum absolute atomic E-state index is 6.37. The molecule has 0 bridgehead atoms. The van der Waals surface area contributed by atoms with Gasteiger partial charge in [-0.05, 0) is 67.5 Å². The summed E-state index contributed by atoms with van der Waals surface area (Å²) < 4.78 is 10.3. The Hall–Kier alpha value is -1.85. The van der Waals surface area contributed by atoms with Crippen molar-refractivity contribution in [2.45, 2.75) is 46.0 Å². The molecule has 0 amide bonds. The molecular weight excluding hydrogens is 375 g/mol. The number of aryl methyl sites for hydroxylation is 1. The van der Waals surface area contributed by atoms with Crippen LogP contribution in [0.3, 0.4) is 0 Å². The Bertz CT molecular complexity index is 926. The molecule has 3 nitrogen and oxygen atoms in total. The van der Waals surface area contributed by atoms with E-state index in [0.29, 0.717) is 17.1 Å². The number of hydrogen-bond donors (Lipinski definition) is 0. The van der Waals surface area contributed by atoms with Crippen molar-refractivity contribution in [3.63, 3.8) is 0 Å². The van der Waals surface area contributed by atoms with Crippen molar-refractivity contribution in [2.24, 2.45) is 0 Å². The highest BCUT2D eigenvalue weighted by atomic mass is 35.5. The van der Waals surface area contributed by atoms with E-state index >= 15 is 0 Å². The fourth-order valence-electron chi connectivity index (χ4n) is 3.08. The third-order valence-electron chi connectivity index (χ3n) is 4.25. The zero-order valence-electron chi connectivity index (χ0n) is 15.8. The van der Waals surface area contributed by atoms with Gasteiger partial charge in [0.15, 0.2) is 5.82 Å². The molecule has 138 valence electrons. The molecule has 2 radical (unpaired) electrons. The second kappa shape index (κ2) is 8.90. The van der Waals surface area contributed by atoms with Crippen molar-refractivity contribution in [3.8, 4) is 27.7 Å². The molecule has 6 heteroatoms. The van der Waals surface area contributed by atoms with Crippen LogP contribution in [0.4, 0.5) is 0 Å². The van der Waals surface area contributed by atoms with E-state index in [1.807, 2.05) is 32.0 Å². The Balaban J connectivity index is 1.94. The van der Waals surface area contributed by atoms with E-state index in [1.54, 1.807) is 0 Å². The minimum absolute atomic E-state index is 0.0785. The van der Waals surface area contributed by atoms with Crippen LogP contribution in [0, 0.1) is 0 Å². The van der Waals surface area contributed by atoms with Gasteiger partial charge in [0.05, 0.1) is 19.0 Å². The fourth-order valence-corrected chi connectivity index (χ4v) is 3.98. The quantitative estimate of drug-likeness (QED) is 0.459. The average molecular weight is 397 g/mol. The maximum Gasteiger partial charge on any atom is 0.173 e. The summed E-state index contributed by atoms with van der Waals surface area (Å²) in [5.74, 6) is 1.44. The van der Waals surface area contributed by atoms with Crippen molar-refractivity contribution >= 4 is 31.0 Å². The molecule has 0 aliphatic heterocycles. The van der Waals surface area contributed by atoms with E-state index in [9.17, 15) is 0 Å². The fraction of sp³-hybridized carbons (Fsp3) is 0.333. The first-order chi connectivity index (χ1) is 13.0. The van der Waals surface area contributed by atoms with Crippen LogP contribution in [0.25, 0.3) is 22.0 Å². The lowest BCUT2D eigenvalue weighted by atomic mass is 9.91. The summed E-state index contributed by atoms with van der Waals surface area (Å²) >= 11 is 7.75. The third-order valence-corrected chi connectivity index (χ3v) is 5.31. The molecule has 1 aromatic heterocycles. The second-order valence-electron chi connectivity index (χ2n) is 6.57. The maximum atomic E-state index is 6.37.